The van der Waals surface area contributed by atoms with Crippen molar-refractivity contribution in [3.8, 4) is 0 Å². The predicted octanol–water partition coefficient (Wildman–Crippen LogP) is 4.57. The SMILES string of the molecule is C[C@@H]1CN(c2ccc3[nH]c([C@H]4CC[C@H](NS(=O)(=O)C(C)(C)C)CC4)c(Cl)c3n2)C[C@H](C)O1. The van der Waals surface area contributed by atoms with E-state index in [1.807, 2.05) is 6.07 Å². The highest BCUT2D eigenvalue weighted by molar-refractivity contribution is 7.90. The van der Waals surface area contributed by atoms with Crippen LogP contribution < -0.4 is 9.62 Å². The van der Waals surface area contributed by atoms with Crippen molar-refractivity contribution in [1.82, 2.24) is 14.7 Å². The monoisotopic (exact) mass is 482 g/mol. The number of sulfonamides is 1. The topological polar surface area (TPSA) is 87.3 Å². The highest BCUT2D eigenvalue weighted by Crippen LogP contribution is 2.39. The van der Waals surface area contributed by atoms with Crippen LogP contribution in [-0.4, -0.2) is 54.5 Å². The van der Waals surface area contributed by atoms with E-state index in [4.69, 9.17) is 21.3 Å². The van der Waals surface area contributed by atoms with Crippen molar-refractivity contribution in [2.45, 2.75) is 89.2 Å². The maximum atomic E-state index is 12.5. The molecule has 2 aliphatic rings. The van der Waals surface area contributed by atoms with Crippen LogP contribution in [0.25, 0.3) is 11.0 Å². The number of H-pyrrole nitrogens is 1. The zero-order chi connectivity index (χ0) is 23.3. The van der Waals surface area contributed by atoms with Crippen LogP contribution in [0.2, 0.25) is 5.02 Å². The van der Waals surface area contributed by atoms with Gasteiger partial charge < -0.3 is 14.6 Å². The van der Waals surface area contributed by atoms with E-state index in [2.05, 4.69) is 34.5 Å². The summed E-state index contributed by atoms with van der Waals surface area (Å²) in [6, 6.07) is 4.08. The van der Waals surface area contributed by atoms with Crippen molar-refractivity contribution >= 4 is 38.5 Å². The number of hydrogen-bond acceptors (Lipinski definition) is 5. The molecule has 1 aliphatic heterocycles. The second-order valence-electron chi connectivity index (χ2n) is 10.4. The van der Waals surface area contributed by atoms with Gasteiger partial charge in [0.15, 0.2) is 0 Å². The third kappa shape index (κ3) is 4.79. The van der Waals surface area contributed by atoms with Crippen LogP contribution in [0.5, 0.6) is 0 Å². The first-order valence-corrected chi connectivity index (χ1v) is 13.4. The fourth-order valence-electron chi connectivity index (χ4n) is 4.76. The number of aromatic amines is 1. The van der Waals surface area contributed by atoms with Gasteiger partial charge in [0.25, 0.3) is 0 Å². The summed E-state index contributed by atoms with van der Waals surface area (Å²) in [4.78, 5) is 10.6. The molecular formula is C23H35ClN4O3S. The maximum absolute atomic E-state index is 12.5. The highest BCUT2D eigenvalue weighted by atomic mass is 35.5. The van der Waals surface area contributed by atoms with E-state index in [1.54, 1.807) is 20.8 Å². The lowest BCUT2D eigenvalue weighted by atomic mass is 9.84. The van der Waals surface area contributed by atoms with E-state index in [0.29, 0.717) is 5.02 Å². The van der Waals surface area contributed by atoms with Gasteiger partial charge in [0.2, 0.25) is 10.0 Å². The molecule has 7 nitrogen and oxygen atoms in total. The first kappa shape index (κ1) is 23.8. The smallest absolute Gasteiger partial charge is 0.216 e. The van der Waals surface area contributed by atoms with Gasteiger partial charge in [-0.05, 0) is 72.4 Å². The van der Waals surface area contributed by atoms with Crippen LogP contribution in [0.1, 0.15) is 71.9 Å². The Kier molecular flexibility index (Phi) is 6.53. The maximum Gasteiger partial charge on any atom is 0.216 e. The van der Waals surface area contributed by atoms with Gasteiger partial charge in [-0.3, -0.25) is 0 Å². The van der Waals surface area contributed by atoms with Gasteiger partial charge in [0, 0.05) is 30.7 Å². The summed E-state index contributed by atoms with van der Waals surface area (Å²) in [6.45, 7) is 11.0. The Bertz CT molecular complexity index is 1060. The molecular weight excluding hydrogens is 448 g/mol. The van der Waals surface area contributed by atoms with Gasteiger partial charge in [-0.15, -0.1) is 0 Å². The summed E-state index contributed by atoms with van der Waals surface area (Å²) < 4.78 is 32.9. The van der Waals surface area contributed by atoms with Gasteiger partial charge >= 0.3 is 0 Å². The van der Waals surface area contributed by atoms with Crippen molar-refractivity contribution in [3.63, 3.8) is 0 Å². The number of morpholine rings is 1. The molecule has 9 heteroatoms. The van der Waals surface area contributed by atoms with Crippen molar-refractivity contribution in [2.24, 2.45) is 0 Å². The highest BCUT2D eigenvalue weighted by Gasteiger charge is 2.34. The van der Waals surface area contributed by atoms with Crippen LogP contribution in [0.3, 0.4) is 0 Å². The molecule has 2 atom stereocenters. The number of ether oxygens (including phenoxy) is 1. The summed E-state index contributed by atoms with van der Waals surface area (Å²) in [7, 11) is -3.34. The third-order valence-electron chi connectivity index (χ3n) is 6.60. The van der Waals surface area contributed by atoms with Crippen LogP contribution in [0.15, 0.2) is 12.1 Å². The minimum absolute atomic E-state index is 0.0198. The quantitative estimate of drug-likeness (QED) is 0.666. The number of halogens is 1. The van der Waals surface area contributed by atoms with E-state index in [-0.39, 0.29) is 24.2 Å². The Morgan fingerprint density at radius 1 is 1.12 bits per heavy atom. The van der Waals surface area contributed by atoms with E-state index in [1.165, 1.54) is 0 Å². The first-order valence-electron chi connectivity index (χ1n) is 11.5. The molecule has 4 rings (SSSR count). The predicted molar refractivity (Wildman–Crippen MR) is 130 cm³/mol. The number of nitrogens with zero attached hydrogens (tertiary/aromatic N) is 2. The Morgan fingerprint density at radius 2 is 1.75 bits per heavy atom. The second-order valence-corrected chi connectivity index (χ2v) is 13.2. The van der Waals surface area contributed by atoms with Crippen molar-refractivity contribution in [3.05, 3.63) is 22.8 Å². The summed E-state index contributed by atoms with van der Waals surface area (Å²) in [5.74, 6) is 1.20. The molecule has 2 aromatic rings. The van der Waals surface area contributed by atoms with Crippen LogP contribution in [0, 0.1) is 0 Å². The molecule has 2 aromatic heterocycles. The average molecular weight is 483 g/mol. The first-order chi connectivity index (χ1) is 14.9. The van der Waals surface area contributed by atoms with E-state index in [9.17, 15) is 8.42 Å². The number of hydrogen-bond donors (Lipinski definition) is 2. The molecule has 178 valence electrons. The lowest BCUT2D eigenvalue weighted by Gasteiger charge is -2.36. The Labute approximate surface area is 196 Å². The molecule has 0 aromatic carbocycles. The molecule has 0 radical (unpaired) electrons. The number of fused-ring (bicyclic) bond motifs is 1. The molecule has 0 bridgehead atoms. The summed E-state index contributed by atoms with van der Waals surface area (Å²) in [5, 5.41) is 0.690. The molecule has 2 fully saturated rings. The number of pyridine rings is 1. The van der Waals surface area contributed by atoms with E-state index < -0.39 is 14.8 Å². The molecule has 1 saturated carbocycles. The largest absolute Gasteiger partial charge is 0.372 e. The van der Waals surface area contributed by atoms with E-state index >= 15 is 0 Å². The molecule has 0 unspecified atom stereocenters. The number of anilines is 1. The molecule has 2 N–H and O–H groups in total. The lowest BCUT2D eigenvalue weighted by molar-refractivity contribution is -0.00544. The summed E-state index contributed by atoms with van der Waals surface area (Å²) >= 11 is 6.81. The van der Waals surface area contributed by atoms with E-state index in [0.717, 1.165) is 61.3 Å². The lowest BCUT2D eigenvalue weighted by Crippen LogP contribution is -2.45. The van der Waals surface area contributed by atoms with Gasteiger partial charge in [-0.25, -0.2) is 18.1 Å². The Morgan fingerprint density at radius 3 is 2.34 bits per heavy atom. The molecule has 1 aliphatic carbocycles. The van der Waals surface area contributed by atoms with Gasteiger partial charge in [0.1, 0.15) is 11.3 Å². The zero-order valence-electron chi connectivity index (χ0n) is 19.6. The molecule has 3 heterocycles. The normalized spacial score (nSPS) is 27.8. The summed E-state index contributed by atoms with van der Waals surface area (Å²) in [6.07, 6.45) is 3.70. The van der Waals surface area contributed by atoms with Gasteiger partial charge in [-0.2, -0.15) is 0 Å². The Balaban J connectivity index is 1.48. The van der Waals surface area contributed by atoms with Crippen molar-refractivity contribution in [2.75, 3.05) is 18.0 Å². The summed E-state index contributed by atoms with van der Waals surface area (Å²) in [5.41, 5.74) is 2.77. The van der Waals surface area contributed by atoms with Crippen LogP contribution >= 0.6 is 11.6 Å². The molecule has 1 saturated heterocycles. The Hall–Kier alpha value is -1.35. The van der Waals surface area contributed by atoms with Crippen LogP contribution in [0.4, 0.5) is 5.82 Å². The third-order valence-corrected chi connectivity index (χ3v) is 9.24. The minimum atomic E-state index is -3.34. The minimum Gasteiger partial charge on any atom is -0.372 e. The van der Waals surface area contributed by atoms with Gasteiger partial charge in [0.05, 0.1) is 27.5 Å². The fourth-order valence-corrected chi connectivity index (χ4v) is 6.14. The van der Waals surface area contributed by atoms with Crippen LogP contribution in [-0.2, 0) is 14.8 Å². The molecule has 0 amide bonds. The molecule has 32 heavy (non-hydrogen) atoms. The number of aromatic nitrogens is 2. The number of nitrogens with one attached hydrogen (secondary N) is 2. The van der Waals surface area contributed by atoms with Crippen molar-refractivity contribution in [1.29, 1.82) is 0 Å². The number of rotatable bonds is 4. The zero-order valence-corrected chi connectivity index (χ0v) is 21.2. The standard InChI is InChI=1S/C23H35ClN4O3S/c1-14-12-28(13-15(2)31-14)19-11-10-18-22(26-19)20(24)21(25-18)16-6-8-17(9-7-16)27-32(29,30)23(3,4)5/h10-11,14-17,25,27H,6-9,12-13H2,1-5H3/t14-,15+,16-,17-. The fraction of sp³-hybridized carbons (Fsp3) is 0.696. The van der Waals surface area contributed by atoms with Crippen molar-refractivity contribution < 1.29 is 13.2 Å². The average Bonchev–Trinajstić information content (AvgIpc) is 3.03. The van der Waals surface area contributed by atoms with Gasteiger partial charge in [-0.1, -0.05) is 11.6 Å². The second kappa shape index (κ2) is 8.78. The molecule has 0 spiro atoms.